The van der Waals surface area contributed by atoms with Gasteiger partial charge in [-0.15, -0.1) is 47.5 Å². The van der Waals surface area contributed by atoms with E-state index < -0.39 is 20.6 Å². The number of benzene rings is 8. The molecule has 0 aliphatic heterocycles. The molecule has 0 spiro atoms. The molecular weight excluding hydrogens is 1050 g/mol. The van der Waals surface area contributed by atoms with E-state index in [2.05, 4.69) is 134 Å². The molecule has 3 heterocycles. The molecule has 0 saturated carbocycles. The number of nitrogens with zero attached hydrogens (tertiary/aromatic N) is 3. The second-order valence-electron chi connectivity index (χ2n) is 18.1. The molecule has 3 aromatic heterocycles. The minimum absolute atomic E-state index is 0. The molecule has 11 aromatic rings. The first kappa shape index (κ1) is 38.3. The van der Waals surface area contributed by atoms with Crippen molar-refractivity contribution in [3.63, 3.8) is 0 Å². The second-order valence-corrected chi connectivity index (χ2v) is 18.1. The second kappa shape index (κ2) is 20.5. The van der Waals surface area contributed by atoms with Gasteiger partial charge in [-0.2, -0.15) is 0 Å². The first-order valence-electron chi connectivity index (χ1n) is 27.9. The van der Waals surface area contributed by atoms with Gasteiger partial charge in [0.1, 0.15) is 5.58 Å². The van der Waals surface area contributed by atoms with Crippen molar-refractivity contribution >= 4 is 38.8 Å². The maximum atomic E-state index is 12.2. The summed E-state index contributed by atoms with van der Waals surface area (Å²) >= 11 is 0. The number of Topliss-reactive ketones (excluding diaryl/α,β-unsaturated/α-hetero) is 1. The molecule has 353 valence electrons. The van der Waals surface area contributed by atoms with E-state index in [9.17, 15) is 4.79 Å². The summed E-state index contributed by atoms with van der Waals surface area (Å²) in [4.78, 5) is 21.6. The van der Waals surface area contributed by atoms with Crippen LogP contribution in [0.15, 0.2) is 180 Å². The first-order valence-corrected chi connectivity index (χ1v) is 23.4. The van der Waals surface area contributed by atoms with E-state index in [4.69, 9.17) is 21.7 Å². The predicted octanol–water partition coefficient (Wildman–Crippen LogP) is 17.3. The average molecular weight is 1110 g/mol. The third-order valence-electron chi connectivity index (χ3n) is 12.8. The topological polar surface area (TPSA) is 60.9 Å². The SMILES string of the molecule is CC(=O)c1ccc2c(c1)oc1c(-c3nc4ccccc4n3-c3c(C(C)C)cc(-c4ccc(-c5ccccc5)cc4)cc3C(C)C)[c-]ccc12.[2H]C([2H])([2H])c1c[c-]c(-c2cc(C([2H])([2H])[2H])c(C([2H])([2H])[2H])cn2)cc1-c1ccccc1.[Ir]. The van der Waals surface area contributed by atoms with Gasteiger partial charge in [-0.25, -0.2) is 0 Å². The molecule has 5 nitrogen and oxygen atoms in total. The Labute approximate surface area is 443 Å². The standard InChI is InChI=1S/C45H37N2O2.C20H18N.Ir/c1-27(2)38-24-34(32-20-18-31(19-21-32)30-12-7-6-8-13-30)25-39(28(3)4)43(38)47-41-17-10-9-16-40(41)46-45(47)37-15-11-14-36-35-23-22-33(29(5)48)26-42(35)49-44(36)37;1-14-9-10-18(20-11-15(2)16(3)13-21-20)12-19(14)17-7-5-4-6-8-17;/h6-14,16-28H,1-5H3;4-9,11-13H,1-3H3;/q2*-1;/i;1D3,2D3,3D3;. The minimum Gasteiger partial charge on any atom is -0.501 e. The van der Waals surface area contributed by atoms with E-state index in [1.54, 1.807) is 37.3 Å². The monoisotopic (exact) mass is 1110 g/mol. The summed E-state index contributed by atoms with van der Waals surface area (Å²) in [6.07, 6.45) is 1.04. The average Bonchev–Trinajstić information content (AvgIpc) is 4.01. The maximum Gasteiger partial charge on any atom is 0.159 e. The van der Waals surface area contributed by atoms with Gasteiger partial charge in [0.2, 0.25) is 0 Å². The Balaban J connectivity index is 0.000000215. The zero-order valence-corrected chi connectivity index (χ0v) is 42.3. The molecular formula is C65H55IrN3O2-2. The van der Waals surface area contributed by atoms with Crippen molar-refractivity contribution in [1.29, 1.82) is 0 Å². The first-order chi connectivity index (χ1) is 37.6. The van der Waals surface area contributed by atoms with Crippen LogP contribution in [0.3, 0.4) is 0 Å². The summed E-state index contributed by atoms with van der Waals surface area (Å²) in [5.41, 5.74) is 14.3. The quantitative estimate of drug-likeness (QED) is 0.107. The maximum absolute atomic E-state index is 12.2. The molecule has 8 aromatic carbocycles. The molecule has 6 heteroatoms. The van der Waals surface area contributed by atoms with Crippen LogP contribution in [0.1, 0.15) is 97.0 Å². The van der Waals surface area contributed by atoms with Crippen LogP contribution in [0.2, 0.25) is 0 Å². The van der Waals surface area contributed by atoms with E-state index >= 15 is 0 Å². The molecule has 0 fully saturated rings. The van der Waals surface area contributed by atoms with Crippen molar-refractivity contribution in [3.8, 4) is 61.7 Å². The number of para-hydroxylation sites is 2. The molecule has 0 saturated heterocycles. The van der Waals surface area contributed by atoms with Gasteiger partial charge in [0.15, 0.2) is 5.78 Å². The van der Waals surface area contributed by atoms with Crippen LogP contribution >= 0.6 is 0 Å². The number of carbonyl (C=O) groups excluding carboxylic acids is 1. The van der Waals surface area contributed by atoms with Gasteiger partial charge in [0, 0.05) is 55.3 Å². The number of ketones is 1. The van der Waals surface area contributed by atoms with Crippen molar-refractivity contribution in [1.82, 2.24) is 14.5 Å². The fourth-order valence-electron chi connectivity index (χ4n) is 9.12. The van der Waals surface area contributed by atoms with Gasteiger partial charge in [-0.1, -0.05) is 172 Å². The third-order valence-corrected chi connectivity index (χ3v) is 12.8. The summed E-state index contributed by atoms with van der Waals surface area (Å²) in [6, 6.07) is 61.5. The van der Waals surface area contributed by atoms with Gasteiger partial charge in [0.25, 0.3) is 0 Å². The normalized spacial score (nSPS) is 13.7. The van der Waals surface area contributed by atoms with Crippen molar-refractivity contribution < 1.29 is 41.7 Å². The summed E-state index contributed by atoms with van der Waals surface area (Å²) < 4.78 is 78.2. The molecule has 0 atom stereocenters. The van der Waals surface area contributed by atoms with Crippen LogP contribution in [0.5, 0.6) is 0 Å². The number of fused-ring (bicyclic) bond motifs is 4. The Bertz CT molecular complexity index is 4040. The summed E-state index contributed by atoms with van der Waals surface area (Å²) in [5.74, 6) is 1.26. The van der Waals surface area contributed by atoms with Crippen LogP contribution in [-0.2, 0) is 20.1 Å². The van der Waals surface area contributed by atoms with Crippen molar-refractivity contribution in [2.24, 2.45) is 0 Å². The van der Waals surface area contributed by atoms with E-state index in [-0.39, 0.29) is 60.1 Å². The number of hydrogen-bond acceptors (Lipinski definition) is 4. The Morgan fingerprint density at radius 3 is 1.93 bits per heavy atom. The van der Waals surface area contributed by atoms with Gasteiger partial charge in [-0.3, -0.25) is 9.78 Å². The number of rotatable bonds is 9. The Hall–Kier alpha value is -7.50. The molecule has 0 amide bonds. The number of aryl methyl sites for hydroxylation is 3. The largest absolute Gasteiger partial charge is 0.501 e. The molecule has 0 unspecified atom stereocenters. The van der Waals surface area contributed by atoms with Gasteiger partial charge >= 0.3 is 0 Å². The van der Waals surface area contributed by atoms with E-state index in [1.165, 1.54) is 45.5 Å². The van der Waals surface area contributed by atoms with Crippen LogP contribution in [0, 0.1) is 32.7 Å². The van der Waals surface area contributed by atoms with E-state index in [1.807, 2.05) is 42.5 Å². The number of imidazole rings is 1. The third kappa shape index (κ3) is 9.58. The smallest absolute Gasteiger partial charge is 0.159 e. The van der Waals surface area contributed by atoms with Crippen molar-refractivity contribution in [2.75, 3.05) is 0 Å². The van der Waals surface area contributed by atoms with E-state index in [0.29, 0.717) is 33.4 Å². The molecule has 0 aliphatic carbocycles. The number of hydrogen-bond donors (Lipinski definition) is 0. The minimum atomic E-state index is -2.65. The van der Waals surface area contributed by atoms with Crippen molar-refractivity contribution in [2.45, 2.75) is 67.0 Å². The number of pyridine rings is 1. The Morgan fingerprint density at radius 2 is 1.27 bits per heavy atom. The molecule has 0 bridgehead atoms. The van der Waals surface area contributed by atoms with Crippen LogP contribution in [0.25, 0.3) is 94.7 Å². The summed E-state index contributed by atoms with van der Waals surface area (Å²) in [6.45, 7) is 3.00. The zero-order valence-electron chi connectivity index (χ0n) is 48.9. The number of aromatic nitrogens is 3. The fraction of sp³-hybridized carbons (Fsp3) is 0.154. The molecule has 11 rings (SSSR count). The zero-order chi connectivity index (χ0) is 56.1. The van der Waals surface area contributed by atoms with Crippen molar-refractivity contribution in [3.05, 3.63) is 222 Å². The van der Waals surface area contributed by atoms with Gasteiger partial charge < -0.3 is 14.0 Å². The Kier molecular flexibility index (Phi) is 11.0. The van der Waals surface area contributed by atoms with Crippen LogP contribution < -0.4 is 0 Å². The van der Waals surface area contributed by atoms with E-state index in [0.717, 1.165) is 45.1 Å². The predicted molar refractivity (Wildman–Crippen MR) is 290 cm³/mol. The number of carbonyl (C=O) groups is 1. The van der Waals surface area contributed by atoms with Crippen LogP contribution in [-0.4, -0.2) is 20.3 Å². The van der Waals surface area contributed by atoms with Gasteiger partial charge in [-0.05, 0) is 113 Å². The fourth-order valence-corrected chi connectivity index (χ4v) is 9.12. The van der Waals surface area contributed by atoms with Crippen LogP contribution in [0.4, 0.5) is 0 Å². The Morgan fingerprint density at radius 1 is 0.634 bits per heavy atom. The molecule has 71 heavy (non-hydrogen) atoms. The molecule has 1 radical (unpaired) electrons. The molecule has 0 aliphatic rings. The molecule has 0 N–H and O–H groups in total. The van der Waals surface area contributed by atoms with Gasteiger partial charge in [0.05, 0.1) is 22.4 Å². The summed E-state index contributed by atoms with van der Waals surface area (Å²) in [5, 5.41) is 1.94. The number of furan rings is 1. The summed E-state index contributed by atoms with van der Waals surface area (Å²) in [7, 11) is 0.